The van der Waals surface area contributed by atoms with Gasteiger partial charge in [0.15, 0.2) is 0 Å². The van der Waals surface area contributed by atoms with Gasteiger partial charge in [-0.15, -0.1) is 0 Å². The second-order valence-corrected chi connectivity index (χ2v) is 14.0. The molecule has 4 aromatic carbocycles. The van der Waals surface area contributed by atoms with Crippen LogP contribution in [0, 0.1) is 10.8 Å². The maximum atomic E-state index is 13.9. The molecule has 1 aliphatic rings. The van der Waals surface area contributed by atoms with Gasteiger partial charge in [0.1, 0.15) is 0 Å². The zero-order chi connectivity index (χ0) is 32.4. The number of nitrogens with zero attached hydrogens (tertiary/aromatic N) is 2. The first-order valence-corrected chi connectivity index (χ1v) is 16.4. The molecule has 6 heteroatoms. The van der Waals surface area contributed by atoms with Crippen molar-refractivity contribution in [2.75, 3.05) is 6.54 Å². The molecule has 1 aliphatic carbocycles. The first kappa shape index (κ1) is 32.8. The number of nitrogens with one attached hydrogen (secondary N) is 2. The molecule has 0 radical (unpaired) electrons. The minimum atomic E-state index is -0.176. The molecular weight excluding hydrogens is 568 g/mol. The predicted molar refractivity (Wildman–Crippen MR) is 186 cm³/mol. The van der Waals surface area contributed by atoms with E-state index >= 15 is 0 Å². The van der Waals surface area contributed by atoms with Gasteiger partial charge in [0.05, 0.1) is 0 Å². The van der Waals surface area contributed by atoms with Crippen LogP contribution in [0.1, 0.15) is 62.3 Å². The van der Waals surface area contributed by atoms with Crippen molar-refractivity contribution in [3.8, 4) is 0 Å². The van der Waals surface area contributed by atoms with Gasteiger partial charge in [-0.3, -0.25) is 0 Å². The zero-order valence-electron chi connectivity index (χ0n) is 27.5. The van der Waals surface area contributed by atoms with Gasteiger partial charge in [-0.25, -0.2) is 9.59 Å². The van der Waals surface area contributed by atoms with E-state index in [0.717, 1.165) is 41.5 Å². The van der Waals surface area contributed by atoms with E-state index in [1.807, 2.05) is 82.6 Å². The van der Waals surface area contributed by atoms with Gasteiger partial charge >= 0.3 is 12.1 Å². The van der Waals surface area contributed by atoms with Crippen molar-refractivity contribution in [3.63, 3.8) is 0 Å². The van der Waals surface area contributed by atoms with E-state index in [0.29, 0.717) is 32.7 Å². The van der Waals surface area contributed by atoms with Gasteiger partial charge in [0.25, 0.3) is 0 Å². The molecule has 4 amide bonds. The number of urea groups is 2. The summed E-state index contributed by atoms with van der Waals surface area (Å²) in [5.74, 6) is 0. The first-order chi connectivity index (χ1) is 22.2. The van der Waals surface area contributed by atoms with Crippen LogP contribution in [0.25, 0.3) is 0 Å². The quantitative estimate of drug-likeness (QED) is 0.178. The van der Waals surface area contributed by atoms with Crippen LogP contribution in [-0.4, -0.2) is 34.4 Å². The standard InChI is InChI=1S/C40H48N4O2/c1-39(2)24-36(42-38(46)44(28-34-20-12-6-13-21-34)29-35-22-14-7-15-23-35)25-40(3,30-39)31-41-37(45)43(26-32-16-8-4-9-17-32)27-33-18-10-5-11-19-33/h4-23,36H,24-31H2,1-3H3,(H,41,45)(H,42,46)/t36-,40-/m1/s1. The third-order valence-electron chi connectivity index (χ3n) is 8.88. The summed E-state index contributed by atoms with van der Waals surface area (Å²) in [6.07, 6.45) is 2.65. The summed E-state index contributed by atoms with van der Waals surface area (Å²) >= 11 is 0. The summed E-state index contributed by atoms with van der Waals surface area (Å²) in [5.41, 5.74) is 4.22. The van der Waals surface area contributed by atoms with Gasteiger partial charge in [0.2, 0.25) is 0 Å². The molecule has 0 unspecified atom stereocenters. The van der Waals surface area contributed by atoms with Gasteiger partial charge in [-0.2, -0.15) is 0 Å². The lowest BCUT2D eigenvalue weighted by Gasteiger charge is -2.47. The topological polar surface area (TPSA) is 64.7 Å². The largest absolute Gasteiger partial charge is 0.337 e. The molecule has 46 heavy (non-hydrogen) atoms. The molecule has 0 heterocycles. The Labute approximate surface area is 274 Å². The van der Waals surface area contributed by atoms with E-state index in [2.05, 4.69) is 79.9 Å². The summed E-state index contributed by atoms with van der Waals surface area (Å²) in [7, 11) is 0. The number of benzene rings is 4. The van der Waals surface area contributed by atoms with Crippen molar-refractivity contribution < 1.29 is 9.59 Å². The Morgan fingerprint density at radius 2 is 0.957 bits per heavy atom. The fraction of sp³-hybridized carbons (Fsp3) is 0.350. The molecule has 2 atom stereocenters. The van der Waals surface area contributed by atoms with Crippen molar-refractivity contribution in [1.82, 2.24) is 20.4 Å². The van der Waals surface area contributed by atoms with Gasteiger partial charge < -0.3 is 20.4 Å². The van der Waals surface area contributed by atoms with Crippen LogP contribution >= 0.6 is 0 Å². The highest BCUT2D eigenvalue weighted by molar-refractivity contribution is 5.75. The number of amides is 4. The molecule has 4 aromatic rings. The molecule has 1 fully saturated rings. The van der Waals surface area contributed by atoms with Crippen LogP contribution in [0.4, 0.5) is 9.59 Å². The van der Waals surface area contributed by atoms with E-state index in [4.69, 9.17) is 0 Å². The lowest BCUT2D eigenvalue weighted by molar-refractivity contribution is 0.0701. The van der Waals surface area contributed by atoms with Crippen LogP contribution in [0.2, 0.25) is 0 Å². The van der Waals surface area contributed by atoms with Crippen LogP contribution in [0.15, 0.2) is 121 Å². The van der Waals surface area contributed by atoms with Gasteiger partial charge in [0, 0.05) is 38.8 Å². The third kappa shape index (κ3) is 9.71. The highest BCUT2D eigenvalue weighted by atomic mass is 16.2. The lowest BCUT2D eigenvalue weighted by Crippen LogP contribution is -2.53. The van der Waals surface area contributed by atoms with Gasteiger partial charge in [-0.1, -0.05) is 142 Å². The molecule has 0 aliphatic heterocycles. The van der Waals surface area contributed by atoms with Crippen molar-refractivity contribution in [3.05, 3.63) is 144 Å². The first-order valence-electron chi connectivity index (χ1n) is 16.4. The minimum Gasteiger partial charge on any atom is -0.337 e. The average Bonchev–Trinajstić information content (AvgIpc) is 3.04. The minimum absolute atomic E-state index is 0.00283. The highest BCUT2D eigenvalue weighted by Crippen LogP contribution is 2.46. The van der Waals surface area contributed by atoms with Crippen molar-refractivity contribution >= 4 is 12.1 Å². The molecule has 0 spiro atoms. The Bertz CT molecular complexity index is 1450. The number of carbonyl (C=O) groups excluding carboxylic acids is 2. The molecule has 6 nitrogen and oxygen atoms in total. The van der Waals surface area contributed by atoms with E-state index in [1.54, 1.807) is 0 Å². The fourth-order valence-corrected chi connectivity index (χ4v) is 7.15. The van der Waals surface area contributed by atoms with E-state index < -0.39 is 0 Å². The third-order valence-corrected chi connectivity index (χ3v) is 8.88. The molecule has 0 bridgehead atoms. The number of rotatable bonds is 11. The second-order valence-electron chi connectivity index (χ2n) is 14.0. The molecule has 1 saturated carbocycles. The van der Waals surface area contributed by atoms with E-state index in [9.17, 15) is 9.59 Å². The van der Waals surface area contributed by atoms with Crippen LogP contribution in [-0.2, 0) is 26.2 Å². The summed E-state index contributed by atoms with van der Waals surface area (Å²) in [6.45, 7) is 9.45. The Morgan fingerprint density at radius 3 is 1.35 bits per heavy atom. The summed E-state index contributed by atoms with van der Waals surface area (Å²) < 4.78 is 0. The number of hydrogen-bond donors (Lipinski definition) is 2. The van der Waals surface area contributed by atoms with E-state index in [-0.39, 0.29) is 28.9 Å². The van der Waals surface area contributed by atoms with Crippen molar-refractivity contribution in [2.45, 2.75) is 72.3 Å². The molecule has 240 valence electrons. The van der Waals surface area contributed by atoms with Crippen LogP contribution in [0.3, 0.4) is 0 Å². The monoisotopic (exact) mass is 616 g/mol. The Hall–Kier alpha value is -4.58. The molecule has 0 saturated heterocycles. The summed E-state index contributed by atoms with van der Waals surface area (Å²) in [6, 6.07) is 40.4. The summed E-state index contributed by atoms with van der Waals surface area (Å²) in [5, 5.41) is 6.71. The lowest BCUT2D eigenvalue weighted by atomic mass is 9.62. The fourth-order valence-electron chi connectivity index (χ4n) is 7.15. The average molecular weight is 617 g/mol. The van der Waals surface area contributed by atoms with Crippen molar-refractivity contribution in [1.29, 1.82) is 0 Å². The molecule has 2 N–H and O–H groups in total. The van der Waals surface area contributed by atoms with Crippen molar-refractivity contribution in [2.24, 2.45) is 10.8 Å². The summed E-state index contributed by atoms with van der Waals surface area (Å²) in [4.78, 5) is 31.4. The van der Waals surface area contributed by atoms with Gasteiger partial charge in [-0.05, 0) is 52.3 Å². The predicted octanol–water partition coefficient (Wildman–Crippen LogP) is 8.40. The second kappa shape index (κ2) is 15.1. The molecule has 0 aromatic heterocycles. The maximum absolute atomic E-state index is 13.9. The van der Waals surface area contributed by atoms with E-state index in [1.165, 1.54) is 0 Å². The molecular formula is C40H48N4O2. The molecule has 5 rings (SSSR count). The van der Waals surface area contributed by atoms with Crippen LogP contribution in [0.5, 0.6) is 0 Å². The van der Waals surface area contributed by atoms with Crippen LogP contribution < -0.4 is 10.6 Å². The Morgan fingerprint density at radius 1 is 0.587 bits per heavy atom. The zero-order valence-corrected chi connectivity index (χ0v) is 27.5. The smallest absolute Gasteiger partial charge is 0.318 e. The maximum Gasteiger partial charge on any atom is 0.318 e. The Balaban J connectivity index is 1.26. The highest BCUT2D eigenvalue weighted by Gasteiger charge is 2.42. The Kier molecular flexibility index (Phi) is 10.8. The SMILES string of the molecule is CC1(C)C[C@@H](NC(=O)N(Cc2ccccc2)Cc2ccccc2)C[C@@](C)(CNC(=O)N(Cc2ccccc2)Cc2ccccc2)C1. The number of hydrogen-bond acceptors (Lipinski definition) is 2. The number of carbonyl (C=O) groups is 2. The normalized spacial score (nSPS) is 18.7.